The van der Waals surface area contributed by atoms with Crippen molar-refractivity contribution in [2.24, 2.45) is 0 Å². The van der Waals surface area contributed by atoms with E-state index in [-0.39, 0.29) is 24.7 Å². The number of aliphatic carboxylic acids is 1. The highest BCUT2D eigenvalue weighted by Crippen LogP contribution is 2.23. The van der Waals surface area contributed by atoms with E-state index in [2.05, 4.69) is 10.3 Å². The highest BCUT2D eigenvalue weighted by molar-refractivity contribution is 5.78. The van der Waals surface area contributed by atoms with Gasteiger partial charge in [-0.05, 0) is 17.2 Å². The third-order valence-electron chi connectivity index (χ3n) is 3.34. The van der Waals surface area contributed by atoms with Crippen LogP contribution in [0.25, 0.3) is 0 Å². The van der Waals surface area contributed by atoms with E-state index in [9.17, 15) is 9.59 Å². The van der Waals surface area contributed by atoms with Crippen molar-refractivity contribution in [3.05, 3.63) is 66.0 Å². The number of carboxylic acid groups (broad SMARTS) is 1. The van der Waals surface area contributed by atoms with Crippen LogP contribution in [0.5, 0.6) is 0 Å². The van der Waals surface area contributed by atoms with Crippen LogP contribution in [0.1, 0.15) is 29.9 Å². The van der Waals surface area contributed by atoms with Crippen LogP contribution >= 0.6 is 0 Å². The van der Waals surface area contributed by atoms with Gasteiger partial charge in [0.1, 0.15) is 0 Å². The summed E-state index contributed by atoms with van der Waals surface area (Å²) in [6.07, 6.45) is 3.44. The number of amides is 1. The second-order valence-corrected chi connectivity index (χ2v) is 5.05. The zero-order chi connectivity index (χ0) is 15.8. The minimum atomic E-state index is -0.908. The number of hydrogen-bond donors (Lipinski definition) is 2. The summed E-state index contributed by atoms with van der Waals surface area (Å²) in [6.45, 7) is 0.390. The van der Waals surface area contributed by atoms with Crippen molar-refractivity contribution in [1.82, 2.24) is 10.3 Å². The van der Waals surface area contributed by atoms with Gasteiger partial charge < -0.3 is 10.4 Å². The minimum absolute atomic E-state index is 0.0652. The lowest BCUT2D eigenvalue weighted by Gasteiger charge is -2.15. The predicted molar refractivity (Wildman–Crippen MR) is 82.1 cm³/mol. The fraction of sp³-hybridized carbons (Fsp3) is 0.235. The highest BCUT2D eigenvalue weighted by Gasteiger charge is 2.19. The maximum absolute atomic E-state index is 12.1. The van der Waals surface area contributed by atoms with Gasteiger partial charge in [0, 0.05) is 31.3 Å². The summed E-state index contributed by atoms with van der Waals surface area (Å²) in [5, 5.41) is 11.8. The number of carbonyl (C=O) groups is 2. The first kappa shape index (κ1) is 15.7. The number of hydrogen-bond acceptors (Lipinski definition) is 3. The molecule has 0 bridgehead atoms. The van der Waals surface area contributed by atoms with Crippen molar-refractivity contribution in [1.29, 1.82) is 0 Å². The number of carbonyl (C=O) groups excluding carboxylic acids is 1. The molecule has 2 rings (SSSR count). The molecule has 2 N–H and O–H groups in total. The first-order valence-electron chi connectivity index (χ1n) is 7.07. The average Bonchev–Trinajstić information content (AvgIpc) is 2.54. The largest absolute Gasteiger partial charge is 0.481 e. The van der Waals surface area contributed by atoms with Crippen molar-refractivity contribution >= 4 is 11.9 Å². The van der Waals surface area contributed by atoms with Crippen molar-refractivity contribution in [2.45, 2.75) is 25.3 Å². The van der Waals surface area contributed by atoms with Crippen LogP contribution in [0.3, 0.4) is 0 Å². The molecule has 1 amide bonds. The molecule has 0 fully saturated rings. The Bertz CT molecular complexity index is 614. The molecule has 114 valence electrons. The van der Waals surface area contributed by atoms with E-state index in [0.29, 0.717) is 6.54 Å². The zero-order valence-corrected chi connectivity index (χ0v) is 12.1. The molecule has 0 radical (unpaired) electrons. The van der Waals surface area contributed by atoms with Crippen LogP contribution < -0.4 is 5.32 Å². The minimum Gasteiger partial charge on any atom is -0.481 e. The van der Waals surface area contributed by atoms with Crippen LogP contribution in [0.2, 0.25) is 0 Å². The Hall–Kier alpha value is -2.69. The predicted octanol–water partition coefficient (Wildman–Crippen LogP) is 2.35. The molecule has 0 spiro atoms. The summed E-state index contributed by atoms with van der Waals surface area (Å²) < 4.78 is 0. The molecule has 1 unspecified atom stereocenters. The van der Waals surface area contributed by atoms with Crippen LogP contribution in [0.15, 0.2) is 54.9 Å². The van der Waals surface area contributed by atoms with Crippen LogP contribution in [0, 0.1) is 0 Å². The molecule has 1 aromatic heterocycles. The van der Waals surface area contributed by atoms with Gasteiger partial charge in [0.05, 0.1) is 6.42 Å². The molecule has 22 heavy (non-hydrogen) atoms. The van der Waals surface area contributed by atoms with Gasteiger partial charge >= 0.3 is 5.97 Å². The Labute approximate surface area is 129 Å². The van der Waals surface area contributed by atoms with Gasteiger partial charge in [0.2, 0.25) is 5.91 Å². The van der Waals surface area contributed by atoms with Crippen molar-refractivity contribution in [3.63, 3.8) is 0 Å². The van der Waals surface area contributed by atoms with E-state index in [1.807, 2.05) is 36.4 Å². The van der Waals surface area contributed by atoms with Gasteiger partial charge in [-0.1, -0.05) is 36.4 Å². The Morgan fingerprint density at radius 2 is 1.86 bits per heavy atom. The topological polar surface area (TPSA) is 79.3 Å². The van der Waals surface area contributed by atoms with E-state index >= 15 is 0 Å². The normalized spacial score (nSPS) is 11.6. The fourth-order valence-electron chi connectivity index (χ4n) is 2.24. The molecule has 1 aromatic carbocycles. The van der Waals surface area contributed by atoms with E-state index in [1.54, 1.807) is 18.5 Å². The number of benzene rings is 1. The van der Waals surface area contributed by atoms with Crippen molar-refractivity contribution < 1.29 is 14.7 Å². The molecular formula is C17H18N2O3. The first-order valence-corrected chi connectivity index (χ1v) is 7.07. The number of pyridine rings is 1. The lowest BCUT2D eigenvalue weighted by Crippen LogP contribution is -2.25. The Morgan fingerprint density at radius 3 is 2.50 bits per heavy atom. The third-order valence-corrected chi connectivity index (χ3v) is 3.34. The Kier molecular flexibility index (Phi) is 5.65. The number of aromatic nitrogens is 1. The highest BCUT2D eigenvalue weighted by atomic mass is 16.4. The van der Waals surface area contributed by atoms with Crippen LogP contribution in [0.4, 0.5) is 0 Å². The molecule has 0 aliphatic carbocycles. The molecule has 1 heterocycles. The van der Waals surface area contributed by atoms with Gasteiger partial charge in [-0.25, -0.2) is 0 Å². The summed E-state index contributed by atoms with van der Waals surface area (Å²) in [6, 6.07) is 12.9. The molecule has 0 aliphatic heterocycles. The molecule has 1 atom stereocenters. The molecule has 2 aromatic rings. The lowest BCUT2D eigenvalue weighted by atomic mass is 9.92. The SMILES string of the molecule is O=C(O)CC(CC(=O)NCc1cccnc1)c1ccccc1. The van der Waals surface area contributed by atoms with E-state index in [0.717, 1.165) is 11.1 Å². The smallest absolute Gasteiger partial charge is 0.303 e. The standard InChI is InChI=1S/C17H18N2O3/c20-16(19-12-13-5-4-8-18-11-13)9-15(10-17(21)22)14-6-2-1-3-7-14/h1-8,11,15H,9-10,12H2,(H,19,20)(H,21,22). The Morgan fingerprint density at radius 1 is 1.09 bits per heavy atom. The van der Waals surface area contributed by atoms with Gasteiger partial charge in [-0.2, -0.15) is 0 Å². The third kappa shape index (κ3) is 5.01. The monoisotopic (exact) mass is 298 g/mol. The van der Waals surface area contributed by atoms with E-state index in [1.165, 1.54) is 0 Å². The maximum atomic E-state index is 12.1. The molecular weight excluding hydrogens is 280 g/mol. The first-order chi connectivity index (χ1) is 10.6. The van der Waals surface area contributed by atoms with Crippen LogP contribution in [-0.2, 0) is 16.1 Å². The second-order valence-electron chi connectivity index (χ2n) is 5.05. The van der Waals surface area contributed by atoms with E-state index in [4.69, 9.17) is 5.11 Å². The number of nitrogens with one attached hydrogen (secondary N) is 1. The summed E-state index contributed by atoms with van der Waals surface area (Å²) >= 11 is 0. The molecule has 5 nitrogen and oxygen atoms in total. The number of rotatable bonds is 7. The summed E-state index contributed by atoms with van der Waals surface area (Å²) in [5.41, 5.74) is 1.77. The fourth-order valence-corrected chi connectivity index (χ4v) is 2.24. The average molecular weight is 298 g/mol. The van der Waals surface area contributed by atoms with Gasteiger partial charge in [-0.3, -0.25) is 14.6 Å². The second kappa shape index (κ2) is 7.93. The van der Waals surface area contributed by atoms with Gasteiger partial charge in [0.25, 0.3) is 0 Å². The molecule has 0 saturated heterocycles. The Balaban J connectivity index is 1.95. The molecule has 5 heteroatoms. The number of carboxylic acids is 1. The van der Waals surface area contributed by atoms with Gasteiger partial charge in [-0.15, -0.1) is 0 Å². The quantitative estimate of drug-likeness (QED) is 0.822. The summed E-state index contributed by atoms with van der Waals surface area (Å²) in [5.74, 6) is -1.40. The van der Waals surface area contributed by atoms with Crippen LogP contribution in [-0.4, -0.2) is 22.0 Å². The molecule has 0 aliphatic rings. The maximum Gasteiger partial charge on any atom is 0.303 e. The molecule has 0 saturated carbocycles. The summed E-state index contributed by atoms with van der Waals surface area (Å²) in [7, 11) is 0. The van der Waals surface area contributed by atoms with E-state index < -0.39 is 5.97 Å². The van der Waals surface area contributed by atoms with Gasteiger partial charge in [0.15, 0.2) is 0 Å². The summed E-state index contributed by atoms with van der Waals surface area (Å²) in [4.78, 5) is 27.0. The zero-order valence-electron chi connectivity index (χ0n) is 12.1. The van der Waals surface area contributed by atoms with Crippen molar-refractivity contribution in [3.8, 4) is 0 Å². The van der Waals surface area contributed by atoms with Crippen molar-refractivity contribution in [2.75, 3.05) is 0 Å². The number of nitrogens with zero attached hydrogens (tertiary/aromatic N) is 1. The lowest BCUT2D eigenvalue weighted by molar-refractivity contribution is -0.137.